The fourth-order valence-corrected chi connectivity index (χ4v) is 4.14. The third-order valence-corrected chi connectivity index (χ3v) is 5.73. The number of nitrogens with zero attached hydrogens (tertiary/aromatic N) is 4. The molecule has 3 rings (SSSR count). The van der Waals surface area contributed by atoms with Gasteiger partial charge in [0, 0.05) is 4.88 Å². The number of thioether (sulfide) groups is 1. The molecule has 5 nitrogen and oxygen atoms in total. The normalized spacial score (nSPS) is 11.3. The summed E-state index contributed by atoms with van der Waals surface area (Å²) in [7, 11) is 0. The van der Waals surface area contributed by atoms with E-state index in [9.17, 15) is 0 Å². The topological polar surface area (TPSA) is 77.6 Å². The van der Waals surface area contributed by atoms with Crippen LogP contribution in [-0.2, 0) is 5.75 Å². The van der Waals surface area contributed by atoms with Crippen molar-refractivity contribution >= 4 is 50.5 Å². The second-order valence-electron chi connectivity index (χ2n) is 3.98. The third-order valence-electron chi connectivity index (χ3n) is 2.77. The van der Waals surface area contributed by atoms with E-state index >= 15 is 0 Å². The van der Waals surface area contributed by atoms with Gasteiger partial charge in [-0.1, -0.05) is 23.1 Å². The van der Waals surface area contributed by atoms with Crippen LogP contribution in [0.1, 0.15) is 16.3 Å². The minimum absolute atomic E-state index is 0.569. The van der Waals surface area contributed by atoms with Gasteiger partial charge in [-0.3, -0.25) is 0 Å². The highest BCUT2D eigenvalue weighted by atomic mass is 32.2. The molecule has 0 bridgehead atoms. The summed E-state index contributed by atoms with van der Waals surface area (Å²) >= 11 is 4.76. The summed E-state index contributed by atoms with van der Waals surface area (Å²) in [5.74, 6) is 1.97. The van der Waals surface area contributed by atoms with Crippen LogP contribution in [-0.4, -0.2) is 20.2 Å². The van der Waals surface area contributed by atoms with Gasteiger partial charge in [-0.15, -0.1) is 21.5 Å². The molecule has 0 atom stereocenters. The van der Waals surface area contributed by atoms with Crippen LogP contribution in [0.3, 0.4) is 0 Å². The van der Waals surface area contributed by atoms with E-state index in [4.69, 9.17) is 5.73 Å². The van der Waals surface area contributed by atoms with Crippen molar-refractivity contribution in [1.82, 2.24) is 20.2 Å². The minimum Gasteiger partial charge on any atom is -0.383 e. The van der Waals surface area contributed by atoms with Gasteiger partial charge in [0.1, 0.15) is 22.0 Å². The number of aryl methyl sites for hydroxylation is 2. The lowest BCUT2D eigenvalue weighted by Gasteiger charge is -2.01. The zero-order valence-corrected chi connectivity index (χ0v) is 12.8. The molecule has 0 unspecified atom stereocenters. The van der Waals surface area contributed by atoms with E-state index < -0.39 is 0 Å². The maximum absolute atomic E-state index is 6.04. The molecule has 98 valence electrons. The molecule has 0 aliphatic rings. The maximum atomic E-state index is 6.04. The number of nitrogens with two attached hydrogens (primary N) is 1. The lowest BCUT2D eigenvalue weighted by atomic mass is 10.2. The number of fused-ring (bicyclic) bond motifs is 1. The molecule has 3 aromatic rings. The Balaban J connectivity index is 1.92. The van der Waals surface area contributed by atoms with E-state index in [0.29, 0.717) is 11.6 Å². The summed E-state index contributed by atoms with van der Waals surface area (Å²) in [4.78, 5) is 11.2. The molecule has 3 aromatic heterocycles. The van der Waals surface area contributed by atoms with Crippen LogP contribution in [0, 0.1) is 13.8 Å². The fraction of sp³-hybridized carbons (Fsp3) is 0.273. The van der Waals surface area contributed by atoms with Gasteiger partial charge in [-0.25, -0.2) is 9.97 Å². The van der Waals surface area contributed by atoms with Gasteiger partial charge in [0.05, 0.1) is 11.1 Å². The fourth-order valence-electron chi connectivity index (χ4n) is 1.74. The third kappa shape index (κ3) is 2.43. The molecule has 0 aliphatic carbocycles. The number of anilines is 1. The van der Waals surface area contributed by atoms with Crippen molar-refractivity contribution in [3.63, 3.8) is 0 Å². The largest absolute Gasteiger partial charge is 0.383 e. The molecule has 0 radical (unpaired) electrons. The first-order chi connectivity index (χ1) is 9.15. The van der Waals surface area contributed by atoms with Crippen LogP contribution < -0.4 is 5.73 Å². The summed E-state index contributed by atoms with van der Waals surface area (Å²) in [6.45, 7) is 4.14. The average molecular weight is 309 g/mol. The zero-order valence-electron chi connectivity index (χ0n) is 10.4. The minimum atomic E-state index is 0.569. The second-order valence-corrected chi connectivity index (χ2v) is 7.24. The summed E-state index contributed by atoms with van der Waals surface area (Å²) in [5, 5.41) is 8.78. The number of aromatic nitrogens is 4. The molecule has 8 heteroatoms. The lowest BCUT2D eigenvalue weighted by molar-refractivity contribution is 1.01. The standard InChI is InChI=1S/C11H11N5S3/c1-5-6(2)19-10-8(5)9(12)14-7(15-10)3-17-11-16-13-4-18-11/h4H,3H2,1-2H3,(H2,12,14,15). The number of rotatable bonds is 3. The Morgan fingerprint density at radius 1 is 1.32 bits per heavy atom. The highest BCUT2D eigenvalue weighted by Crippen LogP contribution is 2.32. The van der Waals surface area contributed by atoms with Gasteiger partial charge in [0.15, 0.2) is 4.34 Å². The van der Waals surface area contributed by atoms with E-state index in [1.165, 1.54) is 21.8 Å². The van der Waals surface area contributed by atoms with Gasteiger partial charge < -0.3 is 5.73 Å². The Hall–Kier alpha value is -1.25. The number of hydrogen-bond acceptors (Lipinski definition) is 8. The van der Waals surface area contributed by atoms with Crippen molar-refractivity contribution in [3.05, 3.63) is 21.8 Å². The Morgan fingerprint density at radius 2 is 2.16 bits per heavy atom. The monoisotopic (exact) mass is 309 g/mol. The van der Waals surface area contributed by atoms with Crippen LogP contribution in [0.15, 0.2) is 9.85 Å². The van der Waals surface area contributed by atoms with E-state index in [-0.39, 0.29) is 0 Å². The molecule has 19 heavy (non-hydrogen) atoms. The maximum Gasteiger partial charge on any atom is 0.174 e. The Labute approximate surface area is 122 Å². The first-order valence-electron chi connectivity index (χ1n) is 5.56. The molecular formula is C11H11N5S3. The first-order valence-corrected chi connectivity index (χ1v) is 8.24. The summed E-state index contributed by atoms with van der Waals surface area (Å²) in [6, 6.07) is 0. The van der Waals surface area contributed by atoms with Gasteiger partial charge >= 0.3 is 0 Å². The second kappa shape index (κ2) is 5.03. The summed E-state index contributed by atoms with van der Waals surface area (Å²) < 4.78 is 0.917. The first kappa shape index (κ1) is 12.8. The smallest absolute Gasteiger partial charge is 0.174 e. The Morgan fingerprint density at radius 3 is 2.89 bits per heavy atom. The van der Waals surface area contributed by atoms with Gasteiger partial charge in [-0.2, -0.15) is 0 Å². The van der Waals surface area contributed by atoms with E-state index in [2.05, 4.69) is 34.0 Å². The van der Waals surface area contributed by atoms with E-state index in [1.54, 1.807) is 28.6 Å². The van der Waals surface area contributed by atoms with Crippen molar-refractivity contribution in [3.8, 4) is 0 Å². The zero-order chi connectivity index (χ0) is 13.4. The molecule has 0 spiro atoms. The summed E-state index contributed by atoms with van der Waals surface area (Å²) in [5.41, 5.74) is 8.94. The van der Waals surface area contributed by atoms with Crippen molar-refractivity contribution in [2.45, 2.75) is 23.9 Å². The molecule has 2 N–H and O–H groups in total. The number of hydrogen-bond donors (Lipinski definition) is 1. The molecule has 0 saturated heterocycles. The highest BCUT2D eigenvalue weighted by Gasteiger charge is 2.13. The van der Waals surface area contributed by atoms with E-state index in [1.807, 2.05) is 0 Å². The Kier molecular flexibility index (Phi) is 3.38. The summed E-state index contributed by atoms with van der Waals surface area (Å²) in [6.07, 6.45) is 0. The molecule has 0 aromatic carbocycles. The van der Waals surface area contributed by atoms with Gasteiger partial charge in [0.2, 0.25) is 0 Å². The molecule has 0 aliphatic heterocycles. The van der Waals surface area contributed by atoms with Crippen molar-refractivity contribution in [2.75, 3.05) is 5.73 Å². The molecule has 0 fully saturated rings. The molecule has 0 saturated carbocycles. The van der Waals surface area contributed by atoms with E-state index in [0.717, 1.165) is 20.4 Å². The predicted molar refractivity (Wildman–Crippen MR) is 80.8 cm³/mol. The number of nitrogen functional groups attached to an aromatic ring is 1. The average Bonchev–Trinajstić information content (AvgIpc) is 2.96. The molecule has 0 amide bonds. The quantitative estimate of drug-likeness (QED) is 0.749. The van der Waals surface area contributed by atoms with Crippen LogP contribution >= 0.6 is 34.4 Å². The lowest BCUT2D eigenvalue weighted by Crippen LogP contribution is -1.99. The molecule has 3 heterocycles. The molecular weight excluding hydrogens is 298 g/mol. The van der Waals surface area contributed by atoms with Gasteiger partial charge in [0.25, 0.3) is 0 Å². The number of thiophene rings is 1. The van der Waals surface area contributed by atoms with Crippen LogP contribution in [0.4, 0.5) is 5.82 Å². The van der Waals surface area contributed by atoms with Crippen LogP contribution in [0.5, 0.6) is 0 Å². The predicted octanol–water partition coefficient (Wildman–Crippen LogP) is 3.03. The SMILES string of the molecule is Cc1sc2nc(CSc3nncs3)nc(N)c2c1C. The van der Waals surface area contributed by atoms with Gasteiger partial charge in [-0.05, 0) is 19.4 Å². The van der Waals surface area contributed by atoms with Crippen LogP contribution in [0.25, 0.3) is 10.2 Å². The Bertz CT molecular complexity index is 720. The highest BCUT2D eigenvalue weighted by molar-refractivity contribution is 8.00. The van der Waals surface area contributed by atoms with Crippen molar-refractivity contribution in [2.24, 2.45) is 0 Å². The van der Waals surface area contributed by atoms with Crippen LogP contribution in [0.2, 0.25) is 0 Å². The van der Waals surface area contributed by atoms with Crippen molar-refractivity contribution in [1.29, 1.82) is 0 Å². The van der Waals surface area contributed by atoms with Crippen molar-refractivity contribution < 1.29 is 0 Å².